The van der Waals surface area contributed by atoms with Crippen LogP contribution in [0.4, 0.5) is 0 Å². The Morgan fingerprint density at radius 3 is 2.11 bits per heavy atom. The molecule has 0 amide bonds. The van der Waals surface area contributed by atoms with E-state index in [0.717, 1.165) is 6.42 Å². The average Bonchev–Trinajstić information content (AvgIpc) is 1.59. The summed E-state index contributed by atoms with van der Waals surface area (Å²) in [5.41, 5.74) is 0. The standard InChI is InChI=1S/C4H10O3S.Li.H/c1-2-3-4-8(5,6)7;;/h2-4H2,1H3,(H,5,6,7);;/q;+1;-1. The Morgan fingerprint density at radius 1 is 1.56 bits per heavy atom. The van der Waals surface area contributed by atoms with Gasteiger partial charge in [-0.3, -0.25) is 4.55 Å². The fourth-order valence-corrected chi connectivity index (χ4v) is 0.980. The second-order valence-corrected chi connectivity index (χ2v) is 3.21. The molecule has 1 N–H and O–H groups in total. The Balaban J connectivity index is -0.000000245. The molecule has 0 saturated carbocycles. The van der Waals surface area contributed by atoms with Gasteiger partial charge in [0.2, 0.25) is 0 Å². The molecule has 0 aliphatic carbocycles. The summed E-state index contributed by atoms with van der Waals surface area (Å²) in [5, 5.41) is 0. The summed E-state index contributed by atoms with van der Waals surface area (Å²) < 4.78 is 28.0. The molecule has 3 nitrogen and oxygen atoms in total. The van der Waals surface area contributed by atoms with Gasteiger partial charge in [-0.1, -0.05) is 13.3 Å². The van der Waals surface area contributed by atoms with Crippen LogP contribution < -0.4 is 18.9 Å². The number of hydrogen-bond acceptors (Lipinski definition) is 2. The Kier molecular flexibility index (Phi) is 7.20. The third kappa shape index (κ3) is 11.9. The molecule has 0 aromatic rings. The first kappa shape index (κ1) is 12.2. The maximum absolute atomic E-state index is 9.95. The molecule has 0 radical (unpaired) electrons. The Labute approximate surface area is 69.2 Å². The van der Waals surface area contributed by atoms with E-state index in [2.05, 4.69) is 0 Å². The smallest absolute Gasteiger partial charge is 1.00 e. The summed E-state index contributed by atoms with van der Waals surface area (Å²) in [4.78, 5) is 0. The summed E-state index contributed by atoms with van der Waals surface area (Å²) >= 11 is 0. The fraction of sp³-hybridized carbons (Fsp3) is 1.00. The van der Waals surface area contributed by atoms with E-state index < -0.39 is 10.1 Å². The first-order valence-electron chi connectivity index (χ1n) is 2.51. The van der Waals surface area contributed by atoms with E-state index in [0.29, 0.717) is 6.42 Å². The Morgan fingerprint density at radius 2 is 2.00 bits per heavy atom. The van der Waals surface area contributed by atoms with E-state index in [4.69, 9.17) is 4.55 Å². The van der Waals surface area contributed by atoms with Gasteiger partial charge in [0, 0.05) is 0 Å². The molecule has 0 atom stereocenters. The van der Waals surface area contributed by atoms with Crippen LogP contribution in [0.2, 0.25) is 0 Å². The molecule has 0 aromatic heterocycles. The molecule has 0 aromatic carbocycles. The van der Waals surface area contributed by atoms with Crippen molar-refractivity contribution in [1.29, 1.82) is 0 Å². The molecule has 9 heavy (non-hydrogen) atoms. The van der Waals surface area contributed by atoms with Crippen molar-refractivity contribution in [3.8, 4) is 0 Å². The van der Waals surface area contributed by atoms with Crippen LogP contribution in [0.1, 0.15) is 21.2 Å². The first-order valence-corrected chi connectivity index (χ1v) is 4.12. The van der Waals surface area contributed by atoms with E-state index in [-0.39, 0.29) is 26.0 Å². The van der Waals surface area contributed by atoms with Gasteiger partial charge in [-0.2, -0.15) is 8.42 Å². The largest absolute Gasteiger partial charge is 1.00 e. The third-order valence-corrected chi connectivity index (χ3v) is 1.56. The third-order valence-electron chi connectivity index (χ3n) is 0.756. The molecule has 0 aliphatic rings. The number of unbranched alkanes of at least 4 members (excludes halogenated alkanes) is 1. The monoisotopic (exact) mass is 146 g/mol. The van der Waals surface area contributed by atoms with Crippen LogP contribution in [0.3, 0.4) is 0 Å². The molecular formula is C4H11LiO3S. The van der Waals surface area contributed by atoms with Crippen molar-refractivity contribution in [1.82, 2.24) is 0 Å². The molecule has 0 fully saturated rings. The first-order chi connectivity index (χ1) is 3.56. The van der Waals surface area contributed by atoms with Crippen molar-refractivity contribution < 1.29 is 33.3 Å². The maximum Gasteiger partial charge on any atom is 1.00 e. The minimum atomic E-state index is -3.69. The molecule has 52 valence electrons. The normalized spacial score (nSPS) is 10.4. The Hall–Kier alpha value is 0.507. The molecular weight excluding hydrogens is 135 g/mol. The molecule has 0 bridgehead atoms. The maximum atomic E-state index is 9.95. The Bertz CT molecular complexity index is 145. The van der Waals surface area contributed by atoms with Gasteiger partial charge in [-0.25, -0.2) is 0 Å². The van der Waals surface area contributed by atoms with Crippen LogP contribution >= 0.6 is 0 Å². The van der Waals surface area contributed by atoms with Crippen molar-refractivity contribution in [3.63, 3.8) is 0 Å². The van der Waals surface area contributed by atoms with Gasteiger partial charge in [0.25, 0.3) is 10.1 Å². The van der Waals surface area contributed by atoms with Gasteiger partial charge in [-0.05, 0) is 6.42 Å². The minimum Gasteiger partial charge on any atom is -1.00 e. The second-order valence-electron chi connectivity index (χ2n) is 1.64. The molecule has 0 unspecified atom stereocenters. The summed E-state index contributed by atoms with van der Waals surface area (Å²) in [6, 6.07) is 0. The average molecular weight is 146 g/mol. The molecule has 0 aliphatic heterocycles. The predicted octanol–water partition coefficient (Wildman–Crippen LogP) is -2.21. The van der Waals surface area contributed by atoms with Gasteiger partial charge >= 0.3 is 18.9 Å². The van der Waals surface area contributed by atoms with Crippen LogP contribution in [0, 0.1) is 0 Å². The van der Waals surface area contributed by atoms with Crippen LogP contribution in [-0.4, -0.2) is 18.7 Å². The molecule has 0 heterocycles. The van der Waals surface area contributed by atoms with Crippen LogP contribution in [0.15, 0.2) is 0 Å². The predicted molar refractivity (Wildman–Crippen MR) is 32.4 cm³/mol. The minimum absolute atomic E-state index is 0. The quantitative estimate of drug-likeness (QED) is 0.363. The topological polar surface area (TPSA) is 54.4 Å². The van der Waals surface area contributed by atoms with Gasteiger partial charge in [-0.15, -0.1) is 0 Å². The summed E-state index contributed by atoms with van der Waals surface area (Å²) in [7, 11) is -3.69. The summed E-state index contributed by atoms with van der Waals surface area (Å²) in [5.74, 6) is -0.108. The van der Waals surface area contributed by atoms with Crippen molar-refractivity contribution >= 4 is 10.1 Å². The summed E-state index contributed by atoms with van der Waals surface area (Å²) in [6.07, 6.45) is 1.33. The fourth-order valence-electron chi connectivity index (χ4n) is 0.327. The van der Waals surface area contributed by atoms with Crippen molar-refractivity contribution in [2.24, 2.45) is 0 Å². The van der Waals surface area contributed by atoms with Crippen molar-refractivity contribution in [2.75, 3.05) is 5.75 Å². The van der Waals surface area contributed by atoms with Crippen LogP contribution in [-0.2, 0) is 10.1 Å². The van der Waals surface area contributed by atoms with E-state index in [1.54, 1.807) is 0 Å². The second kappa shape index (κ2) is 5.30. The summed E-state index contributed by atoms with van der Waals surface area (Å²) in [6.45, 7) is 1.87. The van der Waals surface area contributed by atoms with Gasteiger partial charge in [0.05, 0.1) is 5.75 Å². The SMILES string of the molecule is CCCCS(=O)(=O)O.[H-].[Li+]. The van der Waals surface area contributed by atoms with E-state index in [1.807, 2.05) is 6.92 Å². The number of rotatable bonds is 3. The molecule has 0 spiro atoms. The molecule has 5 heteroatoms. The molecule has 0 saturated heterocycles. The zero-order valence-corrected chi connectivity index (χ0v) is 6.61. The van der Waals surface area contributed by atoms with Crippen LogP contribution in [0.25, 0.3) is 0 Å². The van der Waals surface area contributed by atoms with Gasteiger partial charge < -0.3 is 1.43 Å². The van der Waals surface area contributed by atoms with Crippen LogP contribution in [0.5, 0.6) is 0 Å². The van der Waals surface area contributed by atoms with Gasteiger partial charge in [0.15, 0.2) is 0 Å². The van der Waals surface area contributed by atoms with Crippen molar-refractivity contribution in [2.45, 2.75) is 19.8 Å². The molecule has 0 rings (SSSR count). The van der Waals surface area contributed by atoms with Crippen molar-refractivity contribution in [3.05, 3.63) is 0 Å². The number of hydrogen-bond donors (Lipinski definition) is 1. The van der Waals surface area contributed by atoms with E-state index in [9.17, 15) is 8.42 Å². The van der Waals surface area contributed by atoms with E-state index in [1.165, 1.54) is 0 Å². The zero-order valence-electron chi connectivity index (χ0n) is 6.79. The zero-order chi connectivity index (χ0) is 6.62. The van der Waals surface area contributed by atoms with Gasteiger partial charge in [0.1, 0.15) is 0 Å². The van der Waals surface area contributed by atoms with E-state index >= 15 is 0 Å².